The Hall–Kier alpha value is -2.92. The number of rotatable bonds is 9. The summed E-state index contributed by atoms with van der Waals surface area (Å²) < 4.78 is 10.2. The van der Waals surface area contributed by atoms with Gasteiger partial charge in [-0.05, 0) is 43.5 Å². The molecule has 0 N–H and O–H groups in total. The summed E-state index contributed by atoms with van der Waals surface area (Å²) in [6.07, 6.45) is 4.16. The van der Waals surface area contributed by atoms with Crippen molar-refractivity contribution in [3.8, 4) is 0 Å². The highest BCUT2D eigenvalue weighted by molar-refractivity contribution is 8.26. The Morgan fingerprint density at radius 2 is 1.69 bits per heavy atom. The van der Waals surface area contributed by atoms with Crippen LogP contribution >= 0.6 is 24.0 Å². The van der Waals surface area contributed by atoms with Gasteiger partial charge in [-0.25, -0.2) is 9.59 Å². The number of nitrogens with zero attached hydrogens (tertiary/aromatic N) is 3. The van der Waals surface area contributed by atoms with Gasteiger partial charge in [0.2, 0.25) is 5.91 Å². The van der Waals surface area contributed by atoms with E-state index in [2.05, 4.69) is 0 Å². The van der Waals surface area contributed by atoms with Crippen molar-refractivity contribution in [2.45, 2.75) is 32.6 Å². The van der Waals surface area contributed by atoms with Crippen LogP contribution in [-0.4, -0.2) is 89.3 Å². The number of hydrogen-bond donors (Lipinski definition) is 0. The van der Waals surface area contributed by atoms with E-state index in [-0.39, 0.29) is 17.9 Å². The quantitative estimate of drug-likeness (QED) is 0.206. The minimum atomic E-state index is -0.411. The van der Waals surface area contributed by atoms with E-state index in [0.717, 1.165) is 24.8 Å². The number of unbranched alkanes of at least 4 members (excludes halogenated alkanes) is 2. The van der Waals surface area contributed by atoms with Gasteiger partial charge in [0.15, 0.2) is 0 Å². The van der Waals surface area contributed by atoms with Gasteiger partial charge in [-0.15, -0.1) is 0 Å². The van der Waals surface area contributed by atoms with Crippen LogP contribution < -0.4 is 0 Å². The Morgan fingerprint density at radius 1 is 1.03 bits per heavy atom. The average molecular weight is 534 g/mol. The van der Waals surface area contributed by atoms with Crippen LogP contribution in [0.1, 0.15) is 48.5 Å². The minimum Gasteiger partial charge on any atom is -0.465 e. The molecule has 11 heteroatoms. The first-order valence-electron chi connectivity index (χ1n) is 12.0. The van der Waals surface area contributed by atoms with Crippen molar-refractivity contribution in [1.82, 2.24) is 14.7 Å². The molecule has 0 saturated carbocycles. The second kappa shape index (κ2) is 13.4. The van der Waals surface area contributed by atoms with E-state index in [1.165, 1.54) is 18.9 Å². The molecule has 0 radical (unpaired) electrons. The molecule has 2 fully saturated rings. The highest BCUT2D eigenvalue weighted by Gasteiger charge is 2.31. The molecule has 3 rings (SSSR count). The Labute approximate surface area is 220 Å². The molecule has 1 aromatic rings. The van der Waals surface area contributed by atoms with Gasteiger partial charge in [0.05, 0.1) is 24.2 Å². The first-order chi connectivity index (χ1) is 17.3. The number of thioether (sulfide) groups is 1. The normalized spacial score (nSPS) is 17.1. The van der Waals surface area contributed by atoms with Gasteiger partial charge < -0.3 is 19.3 Å². The number of hydrogen-bond acceptors (Lipinski definition) is 8. The SMILES string of the molecule is CCOC(=O)N1CCN(C(=O)CCCCCN2C(=O)C(=Cc3ccc(C(=O)OC)cc3)SC2=S)CC1. The maximum atomic E-state index is 12.8. The summed E-state index contributed by atoms with van der Waals surface area (Å²) in [6, 6.07) is 6.82. The van der Waals surface area contributed by atoms with Gasteiger partial charge in [-0.3, -0.25) is 14.5 Å². The maximum Gasteiger partial charge on any atom is 0.409 e. The minimum absolute atomic E-state index is 0.0882. The standard InChI is InChI=1S/C25H31N3O6S2/c1-3-34-24(32)27-15-13-26(14-16-27)21(29)7-5-4-6-12-28-22(30)20(36-25(28)35)17-18-8-10-19(11-9-18)23(31)33-2/h8-11,17H,3-7,12-16H2,1-2H3. The fourth-order valence-corrected chi connectivity index (χ4v) is 5.22. The first-order valence-corrected chi connectivity index (χ1v) is 13.2. The molecule has 2 heterocycles. The first kappa shape index (κ1) is 27.7. The summed E-state index contributed by atoms with van der Waals surface area (Å²) in [7, 11) is 1.33. The van der Waals surface area contributed by atoms with Crippen molar-refractivity contribution in [1.29, 1.82) is 0 Å². The van der Waals surface area contributed by atoms with Gasteiger partial charge in [0, 0.05) is 39.1 Å². The number of ether oxygens (including phenoxy) is 2. The molecule has 2 saturated heterocycles. The Kier molecular flexibility index (Phi) is 10.3. The lowest BCUT2D eigenvalue weighted by Crippen LogP contribution is -2.50. The van der Waals surface area contributed by atoms with Gasteiger partial charge in [-0.2, -0.15) is 0 Å². The predicted molar refractivity (Wildman–Crippen MR) is 141 cm³/mol. The Morgan fingerprint density at radius 3 is 2.33 bits per heavy atom. The zero-order valence-corrected chi connectivity index (χ0v) is 22.2. The summed E-state index contributed by atoms with van der Waals surface area (Å²) in [4.78, 5) is 54.2. The zero-order valence-electron chi connectivity index (χ0n) is 20.6. The van der Waals surface area contributed by atoms with E-state index < -0.39 is 5.97 Å². The molecule has 2 aliphatic heterocycles. The average Bonchev–Trinajstić information content (AvgIpc) is 3.15. The monoisotopic (exact) mass is 533 g/mol. The van der Waals surface area contributed by atoms with Crippen molar-refractivity contribution < 1.29 is 28.7 Å². The fraction of sp³-hybridized carbons (Fsp3) is 0.480. The van der Waals surface area contributed by atoms with Crippen LogP contribution in [-0.2, 0) is 19.1 Å². The lowest BCUT2D eigenvalue weighted by Gasteiger charge is -2.34. The molecule has 36 heavy (non-hydrogen) atoms. The fourth-order valence-electron chi connectivity index (χ4n) is 3.91. The van der Waals surface area contributed by atoms with Crippen LogP contribution in [0.3, 0.4) is 0 Å². The number of carbonyl (C=O) groups is 4. The molecule has 194 valence electrons. The summed E-state index contributed by atoms with van der Waals surface area (Å²) in [5.41, 5.74) is 1.24. The van der Waals surface area contributed by atoms with E-state index in [1.807, 2.05) is 0 Å². The number of amides is 3. The topological polar surface area (TPSA) is 96.5 Å². The molecule has 0 bridgehead atoms. The van der Waals surface area contributed by atoms with Crippen molar-refractivity contribution in [2.75, 3.05) is 46.4 Å². The third-order valence-corrected chi connectivity index (χ3v) is 7.31. The van der Waals surface area contributed by atoms with Crippen molar-refractivity contribution in [2.24, 2.45) is 0 Å². The van der Waals surface area contributed by atoms with Gasteiger partial charge >= 0.3 is 12.1 Å². The van der Waals surface area contributed by atoms with E-state index in [1.54, 1.807) is 52.0 Å². The largest absolute Gasteiger partial charge is 0.465 e. The molecular formula is C25H31N3O6S2. The summed E-state index contributed by atoms with van der Waals surface area (Å²) in [5, 5.41) is 0. The third-order valence-electron chi connectivity index (χ3n) is 5.93. The number of esters is 1. The number of carbonyl (C=O) groups excluding carboxylic acids is 4. The molecule has 0 spiro atoms. The van der Waals surface area contributed by atoms with Gasteiger partial charge in [0.25, 0.3) is 5.91 Å². The van der Waals surface area contributed by atoms with Gasteiger partial charge in [0.1, 0.15) is 4.32 Å². The highest BCUT2D eigenvalue weighted by Crippen LogP contribution is 2.32. The van der Waals surface area contributed by atoms with Crippen LogP contribution in [0.25, 0.3) is 6.08 Å². The molecule has 3 amide bonds. The smallest absolute Gasteiger partial charge is 0.409 e. The summed E-state index contributed by atoms with van der Waals surface area (Å²) in [5.74, 6) is -0.450. The number of methoxy groups -OCH3 is 1. The van der Waals surface area contributed by atoms with E-state index in [9.17, 15) is 19.2 Å². The molecule has 1 aromatic carbocycles. The molecule has 0 unspecified atom stereocenters. The second-order valence-corrected chi connectivity index (χ2v) is 10.0. The Bertz CT molecular complexity index is 1020. The number of benzene rings is 1. The summed E-state index contributed by atoms with van der Waals surface area (Å²) in [6.45, 7) is 4.64. The molecule has 0 aromatic heterocycles. The lowest BCUT2D eigenvalue weighted by atomic mass is 10.1. The van der Waals surface area contributed by atoms with Crippen molar-refractivity contribution >= 4 is 58.3 Å². The molecule has 0 atom stereocenters. The maximum absolute atomic E-state index is 12.8. The van der Waals surface area contributed by atoms with Crippen LogP contribution in [0.4, 0.5) is 4.79 Å². The number of piperazine rings is 1. The van der Waals surface area contributed by atoms with E-state index in [4.69, 9.17) is 21.7 Å². The van der Waals surface area contributed by atoms with E-state index in [0.29, 0.717) is 60.5 Å². The van der Waals surface area contributed by atoms with Crippen LogP contribution in [0, 0.1) is 0 Å². The summed E-state index contributed by atoms with van der Waals surface area (Å²) >= 11 is 6.66. The number of thiocarbonyl (C=S) groups is 1. The molecule has 9 nitrogen and oxygen atoms in total. The molecule has 2 aliphatic rings. The van der Waals surface area contributed by atoms with Crippen LogP contribution in [0.2, 0.25) is 0 Å². The molecule has 0 aliphatic carbocycles. The third kappa shape index (κ3) is 7.30. The zero-order chi connectivity index (χ0) is 26.1. The Balaban J connectivity index is 1.38. The predicted octanol–water partition coefficient (Wildman–Crippen LogP) is 3.54. The molecular weight excluding hydrogens is 502 g/mol. The van der Waals surface area contributed by atoms with E-state index >= 15 is 0 Å². The highest BCUT2D eigenvalue weighted by atomic mass is 32.2. The lowest BCUT2D eigenvalue weighted by molar-refractivity contribution is -0.133. The van der Waals surface area contributed by atoms with Gasteiger partial charge in [-0.1, -0.05) is 42.5 Å². The second-order valence-electron chi connectivity index (χ2n) is 8.32. The van der Waals surface area contributed by atoms with Crippen LogP contribution in [0.5, 0.6) is 0 Å². The van der Waals surface area contributed by atoms with Crippen molar-refractivity contribution in [3.05, 3.63) is 40.3 Å². The van der Waals surface area contributed by atoms with Crippen molar-refractivity contribution in [3.63, 3.8) is 0 Å². The van der Waals surface area contributed by atoms with Crippen LogP contribution in [0.15, 0.2) is 29.2 Å².